The molecule has 0 aliphatic carbocycles. The van der Waals surface area contributed by atoms with Gasteiger partial charge in [-0.05, 0) is 25.4 Å². The first kappa shape index (κ1) is 14.1. The van der Waals surface area contributed by atoms with Crippen LogP contribution in [0.4, 0.5) is 11.6 Å². The fraction of sp³-hybridized carbons (Fsp3) is 0.667. The van der Waals surface area contributed by atoms with Crippen molar-refractivity contribution in [1.29, 1.82) is 0 Å². The first-order chi connectivity index (χ1) is 8.06. The summed E-state index contributed by atoms with van der Waals surface area (Å²) in [5.74, 6) is 3.72. The lowest BCUT2D eigenvalue weighted by Gasteiger charge is -2.13. The van der Waals surface area contributed by atoms with Crippen molar-refractivity contribution >= 4 is 23.4 Å². The van der Waals surface area contributed by atoms with E-state index in [0.717, 1.165) is 35.9 Å². The lowest BCUT2D eigenvalue weighted by Crippen LogP contribution is -2.11. The van der Waals surface area contributed by atoms with E-state index >= 15 is 0 Å². The van der Waals surface area contributed by atoms with Crippen LogP contribution < -0.4 is 11.1 Å². The third-order valence-corrected chi connectivity index (χ3v) is 3.23. The van der Waals surface area contributed by atoms with Crippen LogP contribution in [0.1, 0.15) is 37.6 Å². The molecule has 1 aromatic heterocycles. The molecule has 0 radical (unpaired) electrons. The predicted molar refractivity (Wildman–Crippen MR) is 76.8 cm³/mol. The van der Waals surface area contributed by atoms with Crippen LogP contribution in [-0.4, -0.2) is 28.5 Å². The molecule has 96 valence electrons. The molecule has 4 nitrogen and oxygen atoms in total. The molecule has 0 aromatic carbocycles. The van der Waals surface area contributed by atoms with Crippen molar-refractivity contribution < 1.29 is 0 Å². The van der Waals surface area contributed by atoms with E-state index in [1.54, 1.807) is 0 Å². The summed E-state index contributed by atoms with van der Waals surface area (Å²) >= 11 is 1.85. The fourth-order valence-corrected chi connectivity index (χ4v) is 1.84. The van der Waals surface area contributed by atoms with E-state index in [0.29, 0.717) is 11.7 Å². The Balaban J connectivity index is 2.75. The van der Waals surface area contributed by atoms with Crippen LogP contribution in [0.2, 0.25) is 0 Å². The fourth-order valence-electron chi connectivity index (χ4n) is 1.41. The Labute approximate surface area is 108 Å². The van der Waals surface area contributed by atoms with Crippen molar-refractivity contribution in [3.8, 4) is 0 Å². The topological polar surface area (TPSA) is 63.8 Å². The molecular formula is C12H22N4S. The van der Waals surface area contributed by atoms with Gasteiger partial charge in [0.2, 0.25) is 0 Å². The van der Waals surface area contributed by atoms with Crippen molar-refractivity contribution in [1.82, 2.24) is 9.97 Å². The molecule has 0 bridgehead atoms. The molecule has 5 heteroatoms. The zero-order valence-electron chi connectivity index (χ0n) is 11.1. The summed E-state index contributed by atoms with van der Waals surface area (Å²) in [5.41, 5.74) is 6.84. The maximum Gasteiger partial charge on any atom is 0.135 e. The monoisotopic (exact) mass is 254 g/mol. The second-order valence-electron chi connectivity index (χ2n) is 4.37. The summed E-state index contributed by atoms with van der Waals surface area (Å²) in [6, 6.07) is 0. The van der Waals surface area contributed by atoms with Crippen LogP contribution in [0.25, 0.3) is 0 Å². The molecule has 0 saturated carbocycles. The van der Waals surface area contributed by atoms with E-state index in [9.17, 15) is 0 Å². The number of aromatic nitrogens is 2. The quantitative estimate of drug-likeness (QED) is 0.764. The number of rotatable bonds is 6. The van der Waals surface area contributed by atoms with E-state index in [4.69, 9.17) is 5.73 Å². The maximum absolute atomic E-state index is 5.89. The Morgan fingerprint density at radius 3 is 2.65 bits per heavy atom. The van der Waals surface area contributed by atoms with Crippen molar-refractivity contribution in [2.45, 2.75) is 33.1 Å². The summed E-state index contributed by atoms with van der Waals surface area (Å²) in [4.78, 5) is 8.82. The standard InChI is InChI=1S/C12H22N4S/c1-8(2)11-15-10(13)9(3)12(16-11)14-6-5-7-17-4/h8H,5-7H2,1-4H3,(H3,13,14,15,16). The normalized spacial score (nSPS) is 10.9. The lowest BCUT2D eigenvalue weighted by molar-refractivity contribution is 0.773. The van der Waals surface area contributed by atoms with E-state index in [-0.39, 0.29) is 0 Å². The molecule has 0 aliphatic rings. The predicted octanol–water partition coefficient (Wildman–Crippen LogP) is 2.66. The van der Waals surface area contributed by atoms with Gasteiger partial charge < -0.3 is 11.1 Å². The number of anilines is 2. The molecule has 3 N–H and O–H groups in total. The minimum atomic E-state index is 0.296. The van der Waals surface area contributed by atoms with Crippen LogP contribution in [-0.2, 0) is 0 Å². The highest BCUT2D eigenvalue weighted by molar-refractivity contribution is 7.98. The summed E-state index contributed by atoms with van der Waals surface area (Å²) in [5, 5.41) is 3.34. The van der Waals surface area contributed by atoms with Crippen LogP contribution in [0.3, 0.4) is 0 Å². The SMILES string of the molecule is CSCCCNc1nc(C(C)C)nc(N)c1C. The number of hydrogen-bond acceptors (Lipinski definition) is 5. The highest BCUT2D eigenvalue weighted by Gasteiger charge is 2.10. The van der Waals surface area contributed by atoms with Crippen LogP contribution in [0.15, 0.2) is 0 Å². The molecule has 1 heterocycles. The first-order valence-electron chi connectivity index (χ1n) is 5.93. The van der Waals surface area contributed by atoms with E-state index in [1.165, 1.54) is 0 Å². The van der Waals surface area contributed by atoms with Gasteiger partial charge in [-0.2, -0.15) is 11.8 Å². The molecule has 0 aliphatic heterocycles. The third-order valence-electron chi connectivity index (χ3n) is 2.53. The lowest BCUT2D eigenvalue weighted by atomic mass is 10.2. The number of nitrogens with one attached hydrogen (secondary N) is 1. The van der Waals surface area contributed by atoms with Crippen LogP contribution in [0.5, 0.6) is 0 Å². The van der Waals surface area contributed by atoms with Gasteiger partial charge in [-0.3, -0.25) is 0 Å². The highest BCUT2D eigenvalue weighted by Crippen LogP contribution is 2.20. The Kier molecular flexibility index (Phi) is 5.55. The number of thioether (sulfide) groups is 1. The molecule has 0 unspecified atom stereocenters. The van der Waals surface area contributed by atoms with Gasteiger partial charge in [0.05, 0.1) is 0 Å². The van der Waals surface area contributed by atoms with Gasteiger partial charge in [0, 0.05) is 18.0 Å². The van der Waals surface area contributed by atoms with Gasteiger partial charge in [0.1, 0.15) is 17.5 Å². The van der Waals surface area contributed by atoms with E-state index in [1.807, 2.05) is 18.7 Å². The summed E-state index contributed by atoms with van der Waals surface area (Å²) in [6.07, 6.45) is 3.24. The van der Waals surface area contributed by atoms with Gasteiger partial charge in [-0.1, -0.05) is 13.8 Å². The zero-order chi connectivity index (χ0) is 12.8. The second-order valence-corrected chi connectivity index (χ2v) is 5.35. The third kappa shape index (κ3) is 4.07. The Morgan fingerprint density at radius 2 is 2.06 bits per heavy atom. The molecule has 1 rings (SSSR count). The molecule has 0 fully saturated rings. The molecule has 1 aromatic rings. The minimum Gasteiger partial charge on any atom is -0.383 e. The number of nitrogens with zero attached hydrogens (tertiary/aromatic N) is 2. The van der Waals surface area contributed by atoms with Gasteiger partial charge in [-0.15, -0.1) is 0 Å². The highest BCUT2D eigenvalue weighted by atomic mass is 32.2. The van der Waals surface area contributed by atoms with Crippen LogP contribution >= 0.6 is 11.8 Å². The molecule has 0 atom stereocenters. The van der Waals surface area contributed by atoms with Crippen molar-refractivity contribution in [2.75, 3.05) is 29.6 Å². The Morgan fingerprint density at radius 1 is 1.35 bits per heavy atom. The van der Waals surface area contributed by atoms with Gasteiger partial charge in [-0.25, -0.2) is 9.97 Å². The van der Waals surface area contributed by atoms with Gasteiger partial charge in [0.15, 0.2) is 0 Å². The van der Waals surface area contributed by atoms with Crippen LogP contribution in [0, 0.1) is 6.92 Å². The number of nitrogens with two attached hydrogens (primary N) is 1. The molecule has 0 amide bonds. The Hall–Kier alpha value is -0.970. The molecular weight excluding hydrogens is 232 g/mol. The van der Waals surface area contributed by atoms with Crippen molar-refractivity contribution in [2.24, 2.45) is 0 Å². The average Bonchev–Trinajstić information content (AvgIpc) is 2.29. The molecule has 0 saturated heterocycles. The second kappa shape index (κ2) is 6.69. The number of nitrogen functional groups attached to an aromatic ring is 1. The smallest absolute Gasteiger partial charge is 0.135 e. The minimum absolute atomic E-state index is 0.296. The Bertz CT molecular complexity index is 366. The summed E-state index contributed by atoms with van der Waals surface area (Å²) < 4.78 is 0. The summed E-state index contributed by atoms with van der Waals surface area (Å²) in [7, 11) is 0. The van der Waals surface area contributed by atoms with Crippen molar-refractivity contribution in [3.05, 3.63) is 11.4 Å². The van der Waals surface area contributed by atoms with Crippen molar-refractivity contribution in [3.63, 3.8) is 0 Å². The first-order valence-corrected chi connectivity index (χ1v) is 7.32. The van der Waals surface area contributed by atoms with E-state index < -0.39 is 0 Å². The van der Waals surface area contributed by atoms with Gasteiger partial charge in [0.25, 0.3) is 0 Å². The largest absolute Gasteiger partial charge is 0.383 e. The molecule has 0 spiro atoms. The van der Waals surface area contributed by atoms with Gasteiger partial charge >= 0.3 is 0 Å². The maximum atomic E-state index is 5.89. The summed E-state index contributed by atoms with van der Waals surface area (Å²) in [6.45, 7) is 7.02. The van der Waals surface area contributed by atoms with E-state index in [2.05, 4.69) is 35.4 Å². The number of hydrogen-bond donors (Lipinski definition) is 2. The zero-order valence-corrected chi connectivity index (χ0v) is 11.9. The molecule has 17 heavy (non-hydrogen) atoms. The average molecular weight is 254 g/mol.